The molecule has 2 aliphatic carbocycles. The third-order valence-corrected chi connectivity index (χ3v) is 12.9. The standard InChI is InChI=1S/C18H15OP.C16H8N2.C13H8O.C6H6N2.6C2H6.2CH4/c19-20(16-10-4-1-5-11-16,17-12-6-2-7-13-17)18-14-8-3-9-15-18;17-9-11(10-18)16-14-7-3-1-5-12(14)13-6-2-4-8-15(13)16;14-13-11-7-3-1-5-9(11)10-6-2-4-8-12(10)13;1-5(2)6(3-7)4-8;6*1-2;;/h1-15H;1-8H;1-8H;1-2H3;6*1-2H3;2*1H4. The summed E-state index contributed by atoms with van der Waals surface area (Å²) in [5, 5.41) is 37.2. The molecule has 7 heteroatoms. The van der Waals surface area contributed by atoms with Gasteiger partial charge in [0.05, 0.1) is 0 Å². The van der Waals surface area contributed by atoms with E-state index in [-0.39, 0.29) is 31.8 Å². The van der Waals surface area contributed by atoms with Crippen molar-refractivity contribution < 1.29 is 9.36 Å². The Morgan fingerprint density at radius 1 is 0.338 bits per heavy atom. The minimum Gasteiger partial charge on any atom is -0.309 e. The molecule has 0 saturated carbocycles. The monoisotopic (exact) mass is 1000 g/mol. The Hall–Kier alpha value is -8.12. The average molecular weight is 1010 g/mol. The first kappa shape index (κ1) is 70.1. The van der Waals surface area contributed by atoms with Gasteiger partial charge in [-0.1, -0.05) is 286 Å². The van der Waals surface area contributed by atoms with E-state index in [1.54, 1.807) is 26.0 Å². The molecule has 2 aliphatic rings. The van der Waals surface area contributed by atoms with Crippen LogP contribution in [0.25, 0.3) is 27.8 Å². The lowest BCUT2D eigenvalue weighted by atomic mass is 9.99. The molecule has 74 heavy (non-hydrogen) atoms. The second-order valence-electron chi connectivity index (χ2n) is 13.7. The van der Waals surface area contributed by atoms with Gasteiger partial charge in [0, 0.05) is 32.6 Å². The van der Waals surface area contributed by atoms with Crippen molar-refractivity contribution in [3.05, 3.63) is 227 Å². The van der Waals surface area contributed by atoms with Crippen molar-refractivity contribution in [3.8, 4) is 46.5 Å². The number of carbonyl (C=O) groups is 1. The molecule has 0 aromatic heterocycles. The van der Waals surface area contributed by atoms with Gasteiger partial charge in [-0.05, 0) is 52.8 Å². The highest BCUT2D eigenvalue weighted by Gasteiger charge is 2.29. The van der Waals surface area contributed by atoms with Gasteiger partial charge in [-0.25, -0.2) is 0 Å². The fourth-order valence-electron chi connectivity index (χ4n) is 7.01. The molecule has 0 aliphatic heterocycles. The van der Waals surface area contributed by atoms with Crippen LogP contribution in [0.15, 0.2) is 205 Å². The van der Waals surface area contributed by atoms with Gasteiger partial charge in [-0.2, -0.15) is 21.0 Å². The second kappa shape index (κ2) is 40.5. The minimum atomic E-state index is -2.78. The maximum atomic E-state index is 13.8. The Labute approximate surface area is 448 Å². The van der Waals surface area contributed by atoms with E-state index in [0.717, 1.165) is 71.6 Å². The van der Waals surface area contributed by atoms with Crippen LogP contribution in [-0.4, -0.2) is 5.78 Å². The Balaban J connectivity index is -0.000000867. The van der Waals surface area contributed by atoms with Crippen LogP contribution in [0.5, 0.6) is 0 Å². The van der Waals surface area contributed by atoms with Gasteiger partial charge < -0.3 is 4.57 Å². The molecule has 7 aromatic rings. The molecule has 0 N–H and O–H groups in total. The van der Waals surface area contributed by atoms with Crippen molar-refractivity contribution in [1.82, 2.24) is 0 Å². The highest BCUT2D eigenvalue weighted by molar-refractivity contribution is 7.85. The molecule has 386 valence electrons. The number of hydrogen-bond donors (Lipinski definition) is 0. The highest BCUT2D eigenvalue weighted by Crippen LogP contribution is 2.45. The smallest absolute Gasteiger partial charge is 0.194 e. The maximum Gasteiger partial charge on any atom is 0.194 e. The van der Waals surface area contributed by atoms with Crippen LogP contribution in [0, 0.1) is 45.3 Å². The summed E-state index contributed by atoms with van der Waals surface area (Å²) in [5.41, 5.74) is 9.81. The molecule has 0 fully saturated rings. The van der Waals surface area contributed by atoms with Gasteiger partial charge in [0.15, 0.2) is 12.9 Å². The lowest BCUT2D eigenvalue weighted by molar-refractivity contribution is 0.104. The third kappa shape index (κ3) is 18.2. The second-order valence-corrected chi connectivity index (χ2v) is 16.5. The summed E-state index contributed by atoms with van der Waals surface area (Å²) < 4.78 is 13.8. The molecular formula is C67H81N4O2P. The van der Waals surface area contributed by atoms with Crippen molar-refractivity contribution >= 4 is 34.4 Å². The number of carbonyl (C=O) groups excluding carboxylic acids is 1. The van der Waals surface area contributed by atoms with Gasteiger partial charge in [0.1, 0.15) is 35.4 Å². The van der Waals surface area contributed by atoms with Crippen LogP contribution in [0.2, 0.25) is 0 Å². The zero-order chi connectivity index (χ0) is 54.5. The number of nitrogens with zero attached hydrogens (tertiary/aromatic N) is 4. The van der Waals surface area contributed by atoms with E-state index >= 15 is 0 Å². The molecule has 0 bridgehead atoms. The van der Waals surface area contributed by atoms with Crippen LogP contribution >= 0.6 is 7.14 Å². The summed E-state index contributed by atoms with van der Waals surface area (Å²) in [6.07, 6.45) is 0. The van der Waals surface area contributed by atoms with Gasteiger partial charge in [-0.15, -0.1) is 0 Å². The van der Waals surface area contributed by atoms with E-state index in [1.165, 1.54) is 0 Å². The van der Waals surface area contributed by atoms with Crippen molar-refractivity contribution in [1.29, 1.82) is 21.0 Å². The fraction of sp³-hybridized carbons (Fsp3) is 0.239. The van der Waals surface area contributed by atoms with Crippen molar-refractivity contribution in [2.75, 3.05) is 0 Å². The summed E-state index contributed by atoms with van der Waals surface area (Å²) in [5.74, 6) is 0.149. The van der Waals surface area contributed by atoms with Crippen LogP contribution < -0.4 is 15.9 Å². The lowest BCUT2D eigenvalue weighted by Gasteiger charge is -2.19. The first-order chi connectivity index (χ1) is 35.3. The van der Waals surface area contributed by atoms with Crippen LogP contribution in [0.4, 0.5) is 0 Å². The van der Waals surface area contributed by atoms with Crippen molar-refractivity contribution in [2.45, 2.75) is 112 Å². The Morgan fingerprint density at radius 2 is 0.554 bits per heavy atom. The number of fused-ring (bicyclic) bond motifs is 6. The zero-order valence-electron chi connectivity index (χ0n) is 45.0. The Morgan fingerprint density at radius 3 is 0.770 bits per heavy atom. The number of ketones is 1. The van der Waals surface area contributed by atoms with Crippen molar-refractivity contribution in [2.24, 2.45) is 0 Å². The number of nitriles is 4. The largest absolute Gasteiger partial charge is 0.309 e. The summed E-state index contributed by atoms with van der Waals surface area (Å²) in [7, 11) is -2.78. The SMILES string of the molecule is C.C.CC.CC.CC.CC.CC.CC.CC(C)=C(C#N)C#N.N#CC(C#N)=C1c2ccccc2-c2ccccc21.O=C1c2ccccc2-c2ccccc21.O=P(c1ccccc1)(c1ccccc1)c1ccccc1. The van der Waals surface area contributed by atoms with Gasteiger partial charge >= 0.3 is 0 Å². The minimum absolute atomic E-state index is 0. The molecule has 0 atom stereocenters. The van der Waals surface area contributed by atoms with E-state index in [0.29, 0.717) is 0 Å². The number of benzene rings is 7. The molecule has 9 rings (SSSR count). The first-order valence-electron chi connectivity index (χ1n) is 25.0. The summed E-state index contributed by atoms with van der Waals surface area (Å²) in [6, 6.07) is 67.9. The molecular weight excluding hydrogens is 924 g/mol. The lowest BCUT2D eigenvalue weighted by Crippen LogP contribution is -2.24. The third-order valence-electron chi connectivity index (χ3n) is 9.87. The predicted molar refractivity (Wildman–Crippen MR) is 321 cm³/mol. The average Bonchev–Trinajstić information content (AvgIpc) is 3.97. The van der Waals surface area contributed by atoms with E-state index < -0.39 is 7.14 Å². The van der Waals surface area contributed by atoms with E-state index in [2.05, 4.69) is 0 Å². The van der Waals surface area contributed by atoms with Gasteiger partial charge in [0.25, 0.3) is 0 Å². The molecule has 0 saturated heterocycles. The molecule has 7 aromatic carbocycles. The number of hydrogen-bond acceptors (Lipinski definition) is 6. The predicted octanol–water partition coefficient (Wildman–Crippen LogP) is 18.5. The van der Waals surface area contributed by atoms with Gasteiger partial charge in [0.2, 0.25) is 0 Å². The number of rotatable bonds is 3. The van der Waals surface area contributed by atoms with Crippen molar-refractivity contribution in [3.63, 3.8) is 0 Å². The molecule has 0 unspecified atom stereocenters. The zero-order valence-corrected chi connectivity index (χ0v) is 45.8. The fourth-order valence-corrected chi connectivity index (χ4v) is 9.68. The Bertz CT molecular complexity index is 2750. The van der Waals surface area contributed by atoms with E-state index in [9.17, 15) is 9.36 Å². The molecule has 0 heterocycles. The molecule has 6 nitrogen and oxygen atoms in total. The molecule has 0 amide bonds. The Kier molecular flexibility index (Phi) is 38.4. The molecule has 0 radical (unpaired) electrons. The van der Waals surface area contributed by atoms with Crippen LogP contribution in [-0.2, 0) is 4.57 Å². The normalized spacial score (nSPS) is 9.27. The topological polar surface area (TPSA) is 129 Å². The quantitative estimate of drug-likeness (QED) is 0.128. The van der Waals surface area contributed by atoms with Crippen LogP contribution in [0.3, 0.4) is 0 Å². The summed E-state index contributed by atoms with van der Waals surface area (Å²) in [6.45, 7) is 27.5. The van der Waals surface area contributed by atoms with Crippen LogP contribution in [0.1, 0.15) is 139 Å². The van der Waals surface area contributed by atoms with Gasteiger partial charge in [-0.3, -0.25) is 4.79 Å². The molecule has 0 spiro atoms. The summed E-state index contributed by atoms with van der Waals surface area (Å²) in [4.78, 5) is 11.9. The van der Waals surface area contributed by atoms with E-state index in [1.807, 2.05) is 283 Å². The summed E-state index contributed by atoms with van der Waals surface area (Å²) >= 11 is 0. The van der Waals surface area contributed by atoms with E-state index in [4.69, 9.17) is 21.0 Å². The maximum absolute atomic E-state index is 13.8. The number of allylic oxidation sites excluding steroid dienone is 3. The first-order valence-corrected chi connectivity index (χ1v) is 26.7. The highest BCUT2D eigenvalue weighted by atomic mass is 31.2.